The van der Waals surface area contributed by atoms with Crippen molar-refractivity contribution in [1.29, 1.82) is 0 Å². The van der Waals surface area contributed by atoms with Crippen LogP contribution in [-0.2, 0) is 32.6 Å². The van der Waals surface area contributed by atoms with Crippen molar-refractivity contribution in [2.24, 2.45) is 0 Å². The van der Waals surface area contributed by atoms with Gasteiger partial charge in [-0.25, -0.2) is 8.42 Å². The minimum Gasteiger partial charge on any atom is -0.357 e. The summed E-state index contributed by atoms with van der Waals surface area (Å²) in [7, 11) is -1.96. The lowest BCUT2D eigenvalue weighted by Crippen LogP contribution is -2.50. The van der Waals surface area contributed by atoms with Gasteiger partial charge in [-0.3, -0.25) is 13.9 Å². The van der Waals surface area contributed by atoms with Crippen molar-refractivity contribution in [3.63, 3.8) is 0 Å². The first-order valence-corrected chi connectivity index (χ1v) is 14.6. The van der Waals surface area contributed by atoms with Gasteiger partial charge in [0.1, 0.15) is 6.04 Å². The topological polar surface area (TPSA) is 86.8 Å². The quantitative estimate of drug-likeness (QED) is 0.376. The molecule has 38 heavy (non-hydrogen) atoms. The third-order valence-corrected chi connectivity index (χ3v) is 7.79. The minimum atomic E-state index is -3.53. The van der Waals surface area contributed by atoms with E-state index in [0.29, 0.717) is 18.5 Å². The number of rotatable bonds is 12. The third-order valence-electron chi connectivity index (χ3n) is 6.59. The second-order valence-electron chi connectivity index (χ2n) is 9.54. The van der Waals surface area contributed by atoms with E-state index in [1.807, 2.05) is 80.6 Å². The van der Waals surface area contributed by atoms with Crippen LogP contribution in [0.25, 0.3) is 0 Å². The zero-order valence-electron chi connectivity index (χ0n) is 22.6. The second kappa shape index (κ2) is 13.2. The minimum absolute atomic E-state index is 0.103. The van der Waals surface area contributed by atoms with Crippen LogP contribution in [-0.4, -0.2) is 51.0 Å². The molecule has 1 atom stereocenters. The van der Waals surface area contributed by atoms with Gasteiger partial charge in [-0.05, 0) is 49.1 Å². The van der Waals surface area contributed by atoms with E-state index in [1.165, 1.54) is 10.6 Å². The average Bonchev–Trinajstić information content (AvgIpc) is 2.89. The molecule has 202 valence electrons. The van der Waals surface area contributed by atoms with Crippen LogP contribution in [0.4, 0.5) is 5.69 Å². The summed E-state index contributed by atoms with van der Waals surface area (Å²) in [6, 6.07) is 24.0. The van der Waals surface area contributed by atoms with Crippen LogP contribution in [0, 0.1) is 13.8 Å². The Labute approximate surface area is 226 Å². The van der Waals surface area contributed by atoms with Gasteiger partial charge < -0.3 is 10.2 Å². The van der Waals surface area contributed by atoms with Crippen molar-refractivity contribution >= 4 is 27.5 Å². The van der Waals surface area contributed by atoms with Crippen molar-refractivity contribution in [3.05, 3.63) is 101 Å². The molecule has 0 fully saturated rings. The Morgan fingerprint density at radius 1 is 0.895 bits per heavy atom. The number of benzene rings is 3. The molecule has 0 unspecified atom stereocenters. The zero-order valence-corrected chi connectivity index (χ0v) is 23.4. The first-order valence-electron chi connectivity index (χ1n) is 12.7. The van der Waals surface area contributed by atoms with E-state index in [4.69, 9.17) is 0 Å². The number of hydrogen-bond acceptors (Lipinski definition) is 4. The lowest BCUT2D eigenvalue weighted by molar-refractivity contribution is -0.141. The van der Waals surface area contributed by atoms with Gasteiger partial charge in [0.25, 0.3) is 0 Å². The van der Waals surface area contributed by atoms with Crippen LogP contribution >= 0.6 is 0 Å². The summed E-state index contributed by atoms with van der Waals surface area (Å²) in [4.78, 5) is 28.4. The molecule has 0 aliphatic rings. The Bertz CT molecular complexity index is 1330. The Morgan fingerprint density at radius 3 is 2.13 bits per heavy atom. The van der Waals surface area contributed by atoms with Crippen molar-refractivity contribution in [2.75, 3.05) is 24.2 Å². The molecule has 0 aliphatic heterocycles. The normalized spacial score (nSPS) is 12.0. The highest BCUT2D eigenvalue weighted by Gasteiger charge is 2.30. The second-order valence-corrected chi connectivity index (χ2v) is 11.4. The molecule has 0 saturated carbocycles. The number of likely N-dealkylation sites (N-methyl/N-ethyl adjacent to an activating group) is 1. The van der Waals surface area contributed by atoms with Gasteiger partial charge in [-0.15, -0.1) is 0 Å². The predicted octanol–water partition coefficient (Wildman–Crippen LogP) is 4.24. The van der Waals surface area contributed by atoms with E-state index in [0.717, 1.165) is 22.3 Å². The molecular weight excluding hydrogens is 498 g/mol. The SMILES string of the molecule is CNC(=O)[C@@H](Cc1ccccc1)N(Cc1ccccc1C)C(=O)CCCN(c1ccc(C)cc1)S(C)(=O)=O. The number of anilines is 1. The molecule has 2 amide bonds. The summed E-state index contributed by atoms with van der Waals surface area (Å²) in [5, 5.41) is 2.72. The van der Waals surface area contributed by atoms with Gasteiger partial charge in [0.05, 0.1) is 11.9 Å². The van der Waals surface area contributed by atoms with Gasteiger partial charge in [0, 0.05) is 33.0 Å². The molecule has 3 rings (SSSR count). The summed E-state index contributed by atoms with van der Waals surface area (Å²) in [5.74, 6) is -0.441. The Balaban J connectivity index is 1.84. The fourth-order valence-corrected chi connectivity index (χ4v) is 5.37. The van der Waals surface area contributed by atoms with E-state index < -0.39 is 16.1 Å². The highest BCUT2D eigenvalue weighted by Crippen LogP contribution is 2.21. The number of aryl methyl sites for hydroxylation is 2. The first-order chi connectivity index (χ1) is 18.1. The van der Waals surface area contributed by atoms with E-state index in [1.54, 1.807) is 24.1 Å². The Morgan fingerprint density at radius 2 is 1.53 bits per heavy atom. The number of nitrogens with one attached hydrogen (secondary N) is 1. The van der Waals surface area contributed by atoms with Crippen molar-refractivity contribution in [2.45, 2.75) is 45.7 Å². The molecule has 0 heterocycles. The number of carbonyl (C=O) groups excluding carboxylic acids is 2. The molecular formula is C30H37N3O4S. The summed E-state index contributed by atoms with van der Waals surface area (Å²) < 4.78 is 26.4. The predicted molar refractivity (Wildman–Crippen MR) is 152 cm³/mol. The largest absolute Gasteiger partial charge is 0.357 e. The molecule has 0 aliphatic carbocycles. The highest BCUT2D eigenvalue weighted by molar-refractivity contribution is 7.92. The standard InChI is InChI=1S/C30H37N3O4S/c1-23-16-18-27(19-17-23)33(38(4,36)37)20-10-15-29(34)32(22-26-14-9-8-11-24(26)2)28(30(35)31-3)21-25-12-6-5-7-13-25/h5-9,11-14,16-19,28H,10,15,20-22H2,1-4H3,(H,31,35)/t28-/m1/s1. The monoisotopic (exact) mass is 535 g/mol. The van der Waals surface area contributed by atoms with Crippen LogP contribution in [0.15, 0.2) is 78.9 Å². The van der Waals surface area contributed by atoms with Crippen LogP contribution in [0.2, 0.25) is 0 Å². The maximum Gasteiger partial charge on any atom is 0.242 e. The van der Waals surface area contributed by atoms with Crippen molar-refractivity contribution in [3.8, 4) is 0 Å². The number of carbonyl (C=O) groups is 2. The number of amides is 2. The van der Waals surface area contributed by atoms with E-state index in [9.17, 15) is 18.0 Å². The van der Waals surface area contributed by atoms with E-state index >= 15 is 0 Å². The summed E-state index contributed by atoms with van der Waals surface area (Å²) in [6.07, 6.45) is 1.96. The maximum atomic E-state index is 13.7. The van der Waals surface area contributed by atoms with Crippen LogP contribution < -0.4 is 9.62 Å². The first kappa shape index (κ1) is 28.9. The maximum absolute atomic E-state index is 13.7. The third kappa shape index (κ3) is 7.92. The van der Waals surface area contributed by atoms with Crippen molar-refractivity contribution in [1.82, 2.24) is 10.2 Å². The average molecular weight is 536 g/mol. The smallest absolute Gasteiger partial charge is 0.242 e. The van der Waals surface area contributed by atoms with Gasteiger partial charge in [0.2, 0.25) is 21.8 Å². The molecule has 1 N–H and O–H groups in total. The molecule has 0 saturated heterocycles. The zero-order chi connectivity index (χ0) is 27.7. The Kier molecular flexibility index (Phi) is 10.1. The lowest BCUT2D eigenvalue weighted by atomic mass is 10.0. The fourth-order valence-electron chi connectivity index (χ4n) is 4.41. The molecule has 0 bridgehead atoms. The molecule has 3 aromatic rings. The van der Waals surface area contributed by atoms with E-state index in [-0.39, 0.29) is 31.3 Å². The molecule has 0 radical (unpaired) electrons. The summed E-state index contributed by atoms with van der Waals surface area (Å²) in [5.41, 5.74) is 4.53. The van der Waals surface area contributed by atoms with Gasteiger partial charge in [-0.1, -0.05) is 72.3 Å². The molecule has 0 aromatic heterocycles. The van der Waals surface area contributed by atoms with Gasteiger partial charge in [0.15, 0.2) is 0 Å². The highest BCUT2D eigenvalue weighted by atomic mass is 32.2. The van der Waals surface area contributed by atoms with E-state index in [2.05, 4.69) is 5.32 Å². The van der Waals surface area contributed by atoms with Crippen LogP contribution in [0.3, 0.4) is 0 Å². The number of hydrogen-bond donors (Lipinski definition) is 1. The molecule has 8 heteroatoms. The van der Waals surface area contributed by atoms with Crippen LogP contribution in [0.1, 0.15) is 35.1 Å². The number of sulfonamides is 1. The van der Waals surface area contributed by atoms with Gasteiger partial charge in [-0.2, -0.15) is 0 Å². The molecule has 7 nitrogen and oxygen atoms in total. The number of nitrogens with zero attached hydrogens (tertiary/aromatic N) is 2. The van der Waals surface area contributed by atoms with Crippen LogP contribution in [0.5, 0.6) is 0 Å². The summed E-state index contributed by atoms with van der Waals surface area (Å²) >= 11 is 0. The molecule has 3 aromatic carbocycles. The van der Waals surface area contributed by atoms with Crippen molar-refractivity contribution < 1.29 is 18.0 Å². The fraction of sp³-hybridized carbons (Fsp3) is 0.333. The lowest BCUT2D eigenvalue weighted by Gasteiger charge is -2.32. The Hall–Kier alpha value is -3.65. The van der Waals surface area contributed by atoms with Gasteiger partial charge >= 0.3 is 0 Å². The summed E-state index contributed by atoms with van der Waals surface area (Å²) in [6.45, 7) is 4.36. The molecule has 0 spiro atoms.